The monoisotopic (exact) mass is 282 g/mol. The van der Waals surface area contributed by atoms with Gasteiger partial charge < -0.3 is 4.42 Å². The Morgan fingerprint density at radius 1 is 1.21 bits per heavy atom. The molecular formula is C13H18N2O3S. The van der Waals surface area contributed by atoms with Gasteiger partial charge in [-0.2, -0.15) is 0 Å². The molecule has 1 N–H and O–H groups in total. The Bertz CT molecular complexity index is 687. The van der Waals surface area contributed by atoms with Gasteiger partial charge in [0.25, 0.3) is 0 Å². The molecule has 0 atom stereocenters. The third-order valence-corrected chi connectivity index (χ3v) is 4.54. The van der Waals surface area contributed by atoms with Gasteiger partial charge in [-0.05, 0) is 32.0 Å². The van der Waals surface area contributed by atoms with Crippen LogP contribution in [0.15, 0.2) is 22.6 Å². The predicted octanol–water partition coefficient (Wildman–Crippen LogP) is 3.10. The van der Waals surface area contributed by atoms with E-state index in [1.165, 1.54) is 0 Å². The third-order valence-electron chi connectivity index (χ3n) is 2.78. The maximum Gasteiger partial charge on any atom is 0.235 e. The Morgan fingerprint density at radius 2 is 1.89 bits per heavy atom. The Balaban J connectivity index is 2.37. The van der Waals surface area contributed by atoms with E-state index in [1.807, 2.05) is 13.8 Å². The lowest BCUT2D eigenvalue weighted by atomic mass is 10.2. The van der Waals surface area contributed by atoms with E-state index in [4.69, 9.17) is 4.42 Å². The molecule has 0 aliphatic carbocycles. The van der Waals surface area contributed by atoms with E-state index in [0.717, 1.165) is 0 Å². The van der Waals surface area contributed by atoms with Crippen molar-refractivity contribution >= 4 is 26.8 Å². The predicted molar refractivity (Wildman–Crippen MR) is 75.8 cm³/mol. The summed E-state index contributed by atoms with van der Waals surface area (Å²) in [5, 5.41) is -0.480. The van der Waals surface area contributed by atoms with Gasteiger partial charge in [-0.1, -0.05) is 13.8 Å². The molecule has 0 saturated heterocycles. The first-order chi connectivity index (χ1) is 8.79. The third kappa shape index (κ3) is 2.89. The second kappa shape index (κ2) is 4.85. The van der Waals surface area contributed by atoms with Crippen molar-refractivity contribution in [2.75, 3.05) is 4.72 Å². The minimum atomic E-state index is -3.34. The molecule has 5 nitrogen and oxygen atoms in total. The molecular weight excluding hydrogens is 264 g/mol. The van der Waals surface area contributed by atoms with E-state index in [-0.39, 0.29) is 5.92 Å². The van der Waals surface area contributed by atoms with Crippen LogP contribution >= 0.6 is 0 Å². The standard InChI is InChI=1S/C13H18N2O3S/c1-8(2)13-14-11-7-10(5-6-12(11)18-13)15-19(16,17)9(3)4/h5-9,15H,1-4H3. The quantitative estimate of drug-likeness (QED) is 0.935. The van der Waals surface area contributed by atoms with Crippen molar-refractivity contribution in [1.29, 1.82) is 0 Å². The van der Waals surface area contributed by atoms with Crippen LogP contribution in [-0.2, 0) is 10.0 Å². The van der Waals surface area contributed by atoms with Gasteiger partial charge in [0.15, 0.2) is 11.5 Å². The molecule has 0 fully saturated rings. The number of sulfonamides is 1. The average Bonchev–Trinajstić information content (AvgIpc) is 2.71. The first kappa shape index (κ1) is 13.9. The fraction of sp³-hybridized carbons (Fsp3) is 0.462. The minimum absolute atomic E-state index is 0.197. The maximum absolute atomic E-state index is 11.8. The van der Waals surface area contributed by atoms with Crippen LogP contribution in [0.2, 0.25) is 0 Å². The van der Waals surface area contributed by atoms with Crippen LogP contribution in [0.5, 0.6) is 0 Å². The van der Waals surface area contributed by atoms with E-state index in [2.05, 4.69) is 9.71 Å². The van der Waals surface area contributed by atoms with Crippen molar-refractivity contribution in [1.82, 2.24) is 4.98 Å². The van der Waals surface area contributed by atoms with Crippen LogP contribution < -0.4 is 4.72 Å². The molecule has 0 saturated carbocycles. The van der Waals surface area contributed by atoms with Gasteiger partial charge in [0.1, 0.15) is 5.52 Å². The van der Waals surface area contributed by atoms with Crippen molar-refractivity contribution in [3.63, 3.8) is 0 Å². The maximum atomic E-state index is 11.8. The lowest BCUT2D eigenvalue weighted by Gasteiger charge is -2.10. The van der Waals surface area contributed by atoms with Gasteiger partial charge in [-0.3, -0.25) is 4.72 Å². The highest BCUT2D eigenvalue weighted by Crippen LogP contribution is 2.24. The Labute approximate surface area is 113 Å². The van der Waals surface area contributed by atoms with E-state index >= 15 is 0 Å². The summed E-state index contributed by atoms with van der Waals surface area (Å²) in [5.41, 5.74) is 1.83. The first-order valence-corrected chi connectivity index (χ1v) is 7.76. The number of nitrogens with one attached hydrogen (secondary N) is 1. The molecule has 6 heteroatoms. The molecule has 0 aliphatic rings. The molecule has 104 valence electrons. The van der Waals surface area contributed by atoms with Crippen molar-refractivity contribution in [2.45, 2.75) is 38.9 Å². The molecule has 0 aliphatic heterocycles. The van der Waals surface area contributed by atoms with Crippen LogP contribution in [0.1, 0.15) is 39.5 Å². The number of fused-ring (bicyclic) bond motifs is 1. The van der Waals surface area contributed by atoms with Gasteiger partial charge >= 0.3 is 0 Å². The first-order valence-electron chi connectivity index (χ1n) is 6.21. The topological polar surface area (TPSA) is 72.2 Å². The van der Waals surface area contributed by atoms with Crippen molar-refractivity contribution in [3.8, 4) is 0 Å². The fourth-order valence-electron chi connectivity index (χ4n) is 1.54. The van der Waals surface area contributed by atoms with Crippen LogP contribution in [0, 0.1) is 0 Å². The number of benzene rings is 1. The van der Waals surface area contributed by atoms with Crippen molar-refractivity contribution in [2.24, 2.45) is 0 Å². The fourth-order valence-corrected chi connectivity index (χ4v) is 2.23. The second-order valence-electron chi connectivity index (χ2n) is 5.09. The van der Waals surface area contributed by atoms with Gasteiger partial charge in [-0.15, -0.1) is 0 Å². The summed E-state index contributed by atoms with van der Waals surface area (Å²) in [6.45, 7) is 7.25. The van der Waals surface area contributed by atoms with Gasteiger partial charge in [0.05, 0.1) is 10.9 Å². The number of hydrogen-bond acceptors (Lipinski definition) is 4. The molecule has 1 aromatic carbocycles. The molecule has 19 heavy (non-hydrogen) atoms. The Kier molecular flexibility index (Phi) is 3.54. The number of rotatable bonds is 4. The lowest BCUT2D eigenvalue weighted by molar-refractivity contribution is 0.501. The summed E-state index contributed by atoms with van der Waals surface area (Å²) in [6, 6.07) is 5.09. The van der Waals surface area contributed by atoms with Crippen LogP contribution in [-0.4, -0.2) is 18.7 Å². The molecule has 0 radical (unpaired) electrons. The van der Waals surface area contributed by atoms with Crippen LogP contribution in [0.4, 0.5) is 5.69 Å². The summed E-state index contributed by atoms with van der Waals surface area (Å²) in [7, 11) is -3.34. The molecule has 1 aromatic heterocycles. The molecule has 1 heterocycles. The van der Waals surface area contributed by atoms with Gasteiger partial charge in [0, 0.05) is 5.92 Å². The summed E-state index contributed by atoms with van der Waals surface area (Å²) in [4.78, 5) is 4.35. The minimum Gasteiger partial charge on any atom is -0.440 e. The van der Waals surface area contributed by atoms with Crippen molar-refractivity contribution in [3.05, 3.63) is 24.1 Å². The highest BCUT2D eigenvalue weighted by Gasteiger charge is 2.16. The number of anilines is 1. The van der Waals surface area contributed by atoms with E-state index in [9.17, 15) is 8.42 Å². The number of nitrogens with zero attached hydrogens (tertiary/aromatic N) is 1. The molecule has 0 spiro atoms. The smallest absolute Gasteiger partial charge is 0.235 e. The number of aromatic nitrogens is 1. The average molecular weight is 282 g/mol. The molecule has 0 bridgehead atoms. The molecule has 0 amide bonds. The van der Waals surface area contributed by atoms with Crippen molar-refractivity contribution < 1.29 is 12.8 Å². The van der Waals surface area contributed by atoms with E-state index in [1.54, 1.807) is 32.0 Å². The summed E-state index contributed by atoms with van der Waals surface area (Å²) in [5.74, 6) is 0.849. The zero-order chi connectivity index (χ0) is 14.2. The molecule has 2 rings (SSSR count). The zero-order valence-electron chi connectivity index (χ0n) is 11.5. The van der Waals surface area contributed by atoms with Crippen LogP contribution in [0.25, 0.3) is 11.1 Å². The highest BCUT2D eigenvalue weighted by atomic mass is 32.2. The van der Waals surface area contributed by atoms with Crippen LogP contribution in [0.3, 0.4) is 0 Å². The second-order valence-corrected chi connectivity index (χ2v) is 7.32. The SMILES string of the molecule is CC(C)c1nc2cc(NS(=O)(=O)C(C)C)ccc2o1. The van der Waals surface area contributed by atoms with Gasteiger partial charge in [-0.25, -0.2) is 13.4 Å². The Hall–Kier alpha value is -1.56. The normalized spacial score (nSPS) is 12.5. The highest BCUT2D eigenvalue weighted by molar-refractivity contribution is 7.93. The zero-order valence-corrected chi connectivity index (χ0v) is 12.3. The summed E-state index contributed by atoms with van der Waals surface area (Å²) in [6.07, 6.45) is 0. The molecule has 2 aromatic rings. The lowest BCUT2D eigenvalue weighted by Crippen LogP contribution is -2.22. The van der Waals surface area contributed by atoms with E-state index in [0.29, 0.717) is 22.7 Å². The van der Waals surface area contributed by atoms with E-state index < -0.39 is 15.3 Å². The summed E-state index contributed by atoms with van der Waals surface area (Å²) >= 11 is 0. The Morgan fingerprint density at radius 3 is 2.47 bits per heavy atom. The number of oxazole rings is 1. The number of hydrogen-bond donors (Lipinski definition) is 1. The molecule has 0 unspecified atom stereocenters. The largest absolute Gasteiger partial charge is 0.440 e. The summed E-state index contributed by atoms with van der Waals surface area (Å²) < 4.78 is 31.7. The van der Waals surface area contributed by atoms with Gasteiger partial charge in [0.2, 0.25) is 10.0 Å².